The summed E-state index contributed by atoms with van der Waals surface area (Å²) in [4.78, 5) is 21.7. The van der Waals surface area contributed by atoms with E-state index in [4.69, 9.17) is 11.6 Å². The van der Waals surface area contributed by atoms with Crippen LogP contribution in [0.5, 0.6) is 0 Å². The Labute approximate surface area is 199 Å². The molecule has 1 aliphatic carbocycles. The first-order chi connectivity index (χ1) is 16.6. The number of rotatable bonds is 7. The molecule has 5 heterocycles. The number of fused-ring (bicyclic) bond motifs is 2. The molecule has 9 nitrogen and oxygen atoms in total. The minimum absolute atomic E-state index is 0.0508. The summed E-state index contributed by atoms with van der Waals surface area (Å²) in [6, 6.07) is 5.66. The molecule has 0 atom stereocenters. The zero-order valence-corrected chi connectivity index (χ0v) is 19.0. The smallest absolute Gasteiger partial charge is 0.254 e. The van der Waals surface area contributed by atoms with Gasteiger partial charge in [0.1, 0.15) is 5.65 Å². The lowest BCUT2D eigenvalue weighted by atomic mass is 10.1. The van der Waals surface area contributed by atoms with Crippen LogP contribution in [0.2, 0.25) is 5.02 Å². The van der Waals surface area contributed by atoms with Crippen molar-refractivity contribution in [2.75, 3.05) is 0 Å². The maximum absolute atomic E-state index is 12.7. The molecular weight excluding hydrogens is 454 g/mol. The van der Waals surface area contributed by atoms with Crippen molar-refractivity contribution in [2.45, 2.75) is 38.5 Å². The third-order valence-electron chi connectivity index (χ3n) is 6.13. The Morgan fingerprint density at radius 2 is 2.09 bits per heavy atom. The Morgan fingerprint density at radius 1 is 1.21 bits per heavy atom. The van der Waals surface area contributed by atoms with Crippen LogP contribution in [0.15, 0.2) is 55.5 Å². The summed E-state index contributed by atoms with van der Waals surface area (Å²) in [5.74, 6) is 0.353. The lowest BCUT2D eigenvalue weighted by Crippen LogP contribution is -2.22. The number of pyridine rings is 2. The molecule has 10 heteroatoms. The summed E-state index contributed by atoms with van der Waals surface area (Å²) < 4.78 is 5.52. The van der Waals surface area contributed by atoms with Gasteiger partial charge in [0.15, 0.2) is 0 Å². The number of carbonyl (C=O) groups is 1. The number of imidazole rings is 2. The van der Waals surface area contributed by atoms with E-state index in [2.05, 4.69) is 32.6 Å². The minimum atomic E-state index is -0.235. The van der Waals surface area contributed by atoms with E-state index in [9.17, 15) is 9.90 Å². The molecule has 0 saturated heterocycles. The standard InChI is InChI=1S/C24H22ClN7O2/c25-19-3-4-30-14-27-21(22(30)6-19)8-26-24(34)18-7-28-32(10-18)12-20-11-31-9-16(15-1-2-15)5-17(13-33)23(31)29-20/h3-7,9-11,14-15,33H,1-2,8,12-13H2,(H,26,34). The lowest BCUT2D eigenvalue weighted by Gasteiger charge is -2.04. The fourth-order valence-electron chi connectivity index (χ4n) is 4.23. The molecule has 0 unspecified atom stereocenters. The first-order valence-corrected chi connectivity index (χ1v) is 11.5. The second kappa shape index (κ2) is 8.27. The van der Waals surface area contributed by atoms with Crippen molar-refractivity contribution in [1.29, 1.82) is 0 Å². The first kappa shape index (κ1) is 20.9. The molecule has 1 fully saturated rings. The van der Waals surface area contributed by atoms with Crippen LogP contribution in [0.4, 0.5) is 0 Å². The molecule has 34 heavy (non-hydrogen) atoms. The van der Waals surface area contributed by atoms with E-state index in [0.29, 0.717) is 23.0 Å². The second-order valence-corrected chi connectivity index (χ2v) is 9.07. The fraction of sp³-hybridized carbons (Fsp3) is 0.250. The lowest BCUT2D eigenvalue weighted by molar-refractivity contribution is 0.0950. The van der Waals surface area contributed by atoms with Crippen molar-refractivity contribution in [1.82, 2.24) is 33.9 Å². The molecule has 1 amide bonds. The number of nitrogens with zero attached hydrogens (tertiary/aromatic N) is 6. The van der Waals surface area contributed by atoms with Gasteiger partial charge in [-0.25, -0.2) is 9.97 Å². The van der Waals surface area contributed by atoms with Crippen LogP contribution < -0.4 is 5.32 Å². The zero-order chi connectivity index (χ0) is 23.2. The van der Waals surface area contributed by atoms with E-state index in [1.807, 2.05) is 27.3 Å². The van der Waals surface area contributed by atoms with Crippen molar-refractivity contribution < 1.29 is 9.90 Å². The number of amides is 1. The Bertz CT molecular complexity index is 1530. The van der Waals surface area contributed by atoms with Gasteiger partial charge >= 0.3 is 0 Å². The molecule has 0 radical (unpaired) electrons. The Kier molecular flexibility index (Phi) is 5.08. The van der Waals surface area contributed by atoms with Crippen molar-refractivity contribution in [3.8, 4) is 0 Å². The maximum Gasteiger partial charge on any atom is 0.254 e. The largest absolute Gasteiger partial charge is 0.392 e. The van der Waals surface area contributed by atoms with Gasteiger partial charge in [0, 0.05) is 35.4 Å². The molecule has 5 aromatic rings. The molecule has 0 aliphatic heterocycles. The van der Waals surface area contributed by atoms with E-state index in [-0.39, 0.29) is 19.1 Å². The topological polar surface area (TPSA) is 102 Å². The summed E-state index contributed by atoms with van der Waals surface area (Å²) in [6.07, 6.45) is 13.2. The highest BCUT2D eigenvalue weighted by Crippen LogP contribution is 2.40. The summed E-state index contributed by atoms with van der Waals surface area (Å²) in [6.45, 7) is 0.647. The van der Waals surface area contributed by atoms with Crippen LogP contribution in [0.1, 0.15) is 51.6 Å². The van der Waals surface area contributed by atoms with Crippen LogP contribution in [0.25, 0.3) is 11.2 Å². The second-order valence-electron chi connectivity index (χ2n) is 8.63. The SMILES string of the molecule is O=C(NCc1ncn2ccc(Cl)cc12)c1cnn(Cc2cn3cc(C4CC4)cc(CO)c3n2)c1. The molecule has 0 bridgehead atoms. The molecule has 5 aromatic heterocycles. The Morgan fingerprint density at radius 3 is 2.91 bits per heavy atom. The van der Waals surface area contributed by atoms with Gasteiger partial charge in [-0.05, 0) is 42.5 Å². The zero-order valence-electron chi connectivity index (χ0n) is 18.2. The molecule has 1 saturated carbocycles. The third-order valence-corrected chi connectivity index (χ3v) is 6.37. The van der Waals surface area contributed by atoms with Gasteiger partial charge in [0.25, 0.3) is 5.91 Å². The molecule has 6 rings (SSSR count). The van der Waals surface area contributed by atoms with Crippen LogP contribution in [0, 0.1) is 0 Å². The summed E-state index contributed by atoms with van der Waals surface area (Å²) >= 11 is 6.08. The molecule has 2 N–H and O–H groups in total. The van der Waals surface area contributed by atoms with Crippen LogP contribution in [-0.2, 0) is 19.7 Å². The Balaban J connectivity index is 1.16. The van der Waals surface area contributed by atoms with Crippen molar-refractivity contribution >= 4 is 28.7 Å². The molecular formula is C24H22ClN7O2. The van der Waals surface area contributed by atoms with Gasteiger partial charge in [-0.15, -0.1) is 0 Å². The molecule has 172 valence electrons. The molecule has 0 aromatic carbocycles. The van der Waals surface area contributed by atoms with E-state index in [1.54, 1.807) is 23.3 Å². The van der Waals surface area contributed by atoms with Gasteiger partial charge < -0.3 is 19.2 Å². The highest BCUT2D eigenvalue weighted by atomic mass is 35.5. The van der Waals surface area contributed by atoms with Crippen LogP contribution >= 0.6 is 11.6 Å². The number of nitrogens with one attached hydrogen (secondary N) is 1. The predicted octanol–water partition coefficient (Wildman–Crippen LogP) is 3.18. The number of halogens is 1. The van der Waals surface area contributed by atoms with Crippen molar-refractivity contribution in [2.24, 2.45) is 0 Å². The van der Waals surface area contributed by atoms with Crippen LogP contribution in [-0.4, -0.2) is 39.6 Å². The van der Waals surface area contributed by atoms with E-state index in [0.717, 1.165) is 28.1 Å². The number of hydrogen-bond acceptors (Lipinski definition) is 5. The molecule has 1 aliphatic rings. The summed E-state index contributed by atoms with van der Waals surface area (Å²) in [5.41, 5.74) is 5.66. The average molecular weight is 476 g/mol. The Hall–Kier alpha value is -3.69. The highest BCUT2D eigenvalue weighted by Gasteiger charge is 2.25. The van der Waals surface area contributed by atoms with Gasteiger partial charge in [-0.3, -0.25) is 9.48 Å². The van der Waals surface area contributed by atoms with Gasteiger partial charge in [-0.1, -0.05) is 11.6 Å². The maximum atomic E-state index is 12.7. The van der Waals surface area contributed by atoms with E-state index >= 15 is 0 Å². The number of aliphatic hydroxyl groups excluding tert-OH is 1. The van der Waals surface area contributed by atoms with Gasteiger partial charge in [0.05, 0.1) is 54.7 Å². The van der Waals surface area contributed by atoms with Gasteiger partial charge in [0.2, 0.25) is 0 Å². The van der Waals surface area contributed by atoms with Crippen molar-refractivity contribution in [3.63, 3.8) is 0 Å². The summed E-state index contributed by atoms with van der Waals surface area (Å²) in [5, 5.41) is 17.6. The van der Waals surface area contributed by atoms with E-state index in [1.165, 1.54) is 24.6 Å². The highest BCUT2D eigenvalue weighted by molar-refractivity contribution is 6.30. The number of aliphatic hydroxyl groups is 1. The first-order valence-electron chi connectivity index (χ1n) is 11.1. The van der Waals surface area contributed by atoms with Gasteiger partial charge in [-0.2, -0.15) is 5.10 Å². The molecule has 0 spiro atoms. The number of aromatic nitrogens is 6. The quantitative estimate of drug-likeness (QED) is 0.376. The monoisotopic (exact) mass is 475 g/mol. The number of hydrogen-bond donors (Lipinski definition) is 2. The normalized spacial score (nSPS) is 13.7. The van der Waals surface area contributed by atoms with Crippen LogP contribution in [0.3, 0.4) is 0 Å². The summed E-state index contributed by atoms with van der Waals surface area (Å²) in [7, 11) is 0. The van der Waals surface area contributed by atoms with E-state index < -0.39 is 0 Å². The minimum Gasteiger partial charge on any atom is -0.392 e. The average Bonchev–Trinajstić information content (AvgIpc) is 3.25. The third kappa shape index (κ3) is 3.93. The predicted molar refractivity (Wildman–Crippen MR) is 126 cm³/mol. The fourth-order valence-corrected chi connectivity index (χ4v) is 4.39. The number of carbonyl (C=O) groups excluding carboxylic acids is 1. The van der Waals surface area contributed by atoms with Crippen molar-refractivity contribution in [3.05, 3.63) is 88.6 Å².